The molecule has 5 rings (SSSR count). The second-order valence-electron chi connectivity index (χ2n) is 8.58. The van der Waals surface area contributed by atoms with Gasteiger partial charge in [-0.15, -0.1) is 0 Å². The number of fused-ring (bicyclic) bond motifs is 1. The number of urea groups is 2. The van der Waals surface area contributed by atoms with E-state index in [1.54, 1.807) is 17.2 Å². The Bertz CT molecular complexity index is 1110. The molecule has 4 amide bonds. The molecule has 1 aromatic heterocycles. The van der Waals surface area contributed by atoms with Crippen molar-refractivity contribution in [3.63, 3.8) is 0 Å². The lowest BCUT2D eigenvalue weighted by molar-refractivity contribution is 0.171. The lowest BCUT2D eigenvalue weighted by Gasteiger charge is -2.34. The quantitative estimate of drug-likeness (QED) is 0.626. The number of amides is 4. The maximum absolute atomic E-state index is 13.1. The van der Waals surface area contributed by atoms with Gasteiger partial charge in [-0.1, -0.05) is 36.4 Å². The Labute approximate surface area is 193 Å². The molecular formula is C26H28N4O3. The minimum absolute atomic E-state index is 0.0618. The van der Waals surface area contributed by atoms with Crippen molar-refractivity contribution in [3.05, 3.63) is 78.3 Å². The Morgan fingerprint density at radius 1 is 0.970 bits per heavy atom. The molecule has 170 valence electrons. The van der Waals surface area contributed by atoms with Gasteiger partial charge < -0.3 is 20.0 Å². The molecular weight excluding hydrogens is 416 g/mol. The molecule has 2 aromatic carbocycles. The van der Waals surface area contributed by atoms with Crippen molar-refractivity contribution in [2.24, 2.45) is 0 Å². The van der Waals surface area contributed by atoms with E-state index in [-0.39, 0.29) is 18.1 Å². The number of nitrogens with one attached hydrogen (secondary N) is 2. The number of rotatable bonds is 4. The average Bonchev–Trinajstić information content (AvgIpc) is 3.53. The molecule has 7 heteroatoms. The van der Waals surface area contributed by atoms with Gasteiger partial charge in [-0.2, -0.15) is 0 Å². The first-order valence-corrected chi connectivity index (χ1v) is 11.5. The first-order valence-electron chi connectivity index (χ1n) is 11.5. The maximum atomic E-state index is 13.1. The molecule has 3 heterocycles. The van der Waals surface area contributed by atoms with Gasteiger partial charge in [0.05, 0.1) is 12.8 Å². The Hall–Kier alpha value is -3.74. The van der Waals surface area contributed by atoms with E-state index in [9.17, 15) is 9.59 Å². The second-order valence-corrected chi connectivity index (χ2v) is 8.58. The van der Waals surface area contributed by atoms with E-state index in [0.29, 0.717) is 31.9 Å². The zero-order valence-electron chi connectivity index (χ0n) is 18.5. The highest BCUT2D eigenvalue weighted by Crippen LogP contribution is 2.32. The van der Waals surface area contributed by atoms with E-state index in [1.165, 1.54) is 16.7 Å². The summed E-state index contributed by atoms with van der Waals surface area (Å²) in [5.41, 5.74) is 4.50. The van der Waals surface area contributed by atoms with E-state index in [0.717, 1.165) is 24.9 Å². The highest BCUT2D eigenvalue weighted by Gasteiger charge is 2.29. The van der Waals surface area contributed by atoms with Crippen molar-refractivity contribution < 1.29 is 14.0 Å². The van der Waals surface area contributed by atoms with Gasteiger partial charge in [0.1, 0.15) is 5.76 Å². The molecule has 2 aliphatic rings. The van der Waals surface area contributed by atoms with E-state index in [4.69, 9.17) is 4.42 Å². The Morgan fingerprint density at radius 2 is 1.85 bits per heavy atom. The molecule has 0 saturated carbocycles. The van der Waals surface area contributed by atoms with Crippen LogP contribution in [0.2, 0.25) is 0 Å². The fourth-order valence-corrected chi connectivity index (χ4v) is 4.64. The van der Waals surface area contributed by atoms with Gasteiger partial charge >= 0.3 is 12.1 Å². The molecule has 0 spiro atoms. The van der Waals surface area contributed by atoms with E-state index in [2.05, 4.69) is 34.9 Å². The summed E-state index contributed by atoms with van der Waals surface area (Å²) < 4.78 is 5.27. The molecule has 7 nitrogen and oxygen atoms in total. The van der Waals surface area contributed by atoms with E-state index < -0.39 is 0 Å². The molecule has 0 bridgehead atoms. The average molecular weight is 445 g/mol. The maximum Gasteiger partial charge on any atom is 0.322 e. The Balaban J connectivity index is 1.18. The second kappa shape index (κ2) is 9.40. The van der Waals surface area contributed by atoms with Crippen molar-refractivity contribution >= 4 is 17.7 Å². The van der Waals surface area contributed by atoms with Crippen molar-refractivity contribution in [2.75, 3.05) is 24.5 Å². The monoisotopic (exact) mass is 444 g/mol. The fourth-order valence-electron chi connectivity index (χ4n) is 4.64. The minimum atomic E-state index is -0.134. The SMILES string of the molecule is O=C(NCc1ccco1)N1CCCC(NC(=O)N2CCc3cc(-c4ccccc4)ccc32)C1. The smallest absolute Gasteiger partial charge is 0.322 e. The van der Waals surface area contributed by atoms with Crippen molar-refractivity contribution in [1.29, 1.82) is 0 Å². The number of anilines is 1. The predicted molar refractivity (Wildman–Crippen MR) is 127 cm³/mol. The van der Waals surface area contributed by atoms with Crippen molar-refractivity contribution in [2.45, 2.75) is 31.8 Å². The number of carbonyl (C=O) groups is 2. The summed E-state index contributed by atoms with van der Waals surface area (Å²) >= 11 is 0. The molecule has 3 aromatic rings. The number of hydrogen-bond acceptors (Lipinski definition) is 3. The molecule has 1 fully saturated rings. The number of benzene rings is 2. The predicted octanol–water partition coefficient (Wildman–Crippen LogP) is 4.39. The van der Waals surface area contributed by atoms with Gasteiger partial charge in [0, 0.05) is 31.4 Å². The summed E-state index contributed by atoms with van der Waals surface area (Å²) in [4.78, 5) is 29.2. The van der Waals surface area contributed by atoms with Crippen LogP contribution in [0.3, 0.4) is 0 Å². The first kappa shape index (κ1) is 21.1. The van der Waals surface area contributed by atoms with Gasteiger partial charge in [0.2, 0.25) is 0 Å². The highest BCUT2D eigenvalue weighted by molar-refractivity contribution is 5.95. The summed E-state index contributed by atoms with van der Waals surface area (Å²) in [7, 11) is 0. The first-order chi connectivity index (χ1) is 16.2. The molecule has 2 N–H and O–H groups in total. The Morgan fingerprint density at radius 3 is 2.67 bits per heavy atom. The van der Waals surface area contributed by atoms with Gasteiger partial charge in [-0.3, -0.25) is 4.90 Å². The zero-order valence-corrected chi connectivity index (χ0v) is 18.5. The number of carbonyl (C=O) groups excluding carboxylic acids is 2. The number of nitrogens with zero attached hydrogens (tertiary/aromatic N) is 2. The Kier molecular flexibility index (Phi) is 6.02. The van der Waals surface area contributed by atoms with Crippen molar-refractivity contribution in [3.8, 4) is 11.1 Å². The standard InChI is InChI=1S/C26H28N4O3/c31-25(27-17-23-9-5-15-33-23)29-13-4-8-22(18-29)28-26(32)30-14-12-21-16-20(10-11-24(21)30)19-6-2-1-3-7-19/h1-3,5-7,9-11,15-16,22H,4,8,12-14,17-18H2,(H,27,31)(H,28,32). The number of furan rings is 1. The van der Waals surface area contributed by atoms with Crippen LogP contribution < -0.4 is 15.5 Å². The molecule has 1 unspecified atom stereocenters. The molecule has 1 atom stereocenters. The van der Waals surface area contributed by atoms with E-state index >= 15 is 0 Å². The van der Waals surface area contributed by atoms with Crippen LogP contribution in [0.25, 0.3) is 11.1 Å². The van der Waals surface area contributed by atoms with Crippen LogP contribution in [0.15, 0.2) is 71.3 Å². The third-order valence-electron chi connectivity index (χ3n) is 6.36. The highest BCUT2D eigenvalue weighted by atomic mass is 16.3. The molecule has 1 saturated heterocycles. The third kappa shape index (κ3) is 4.72. The minimum Gasteiger partial charge on any atom is -0.467 e. The molecule has 0 aliphatic carbocycles. The van der Waals surface area contributed by atoms with Crippen LogP contribution in [0, 0.1) is 0 Å². The third-order valence-corrected chi connectivity index (χ3v) is 6.36. The van der Waals surface area contributed by atoms with Crippen LogP contribution in [-0.2, 0) is 13.0 Å². The number of hydrogen-bond donors (Lipinski definition) is 2. The van der Waals surface area contributed by atoms with Crippen LogP contribution in [0.4, 0.5) is 15.3 Å². The van der Waals surface area contributed by atoms with Crippen LogP contribution >= 0.6 is 0 Å². The van der Waals surface area contributed by atoms with Crippen LogP contribution in [0.5, 0.6) is 0 Å². The van der Waals surface area contributed by atoms with E-state index in [1.807, 2.05) is 35.2 Å². The summed E-state index contributed by atoms with van der Waals surface area (Å²) in [5.74, 6) is 0.716. The number of likely N-dealkylation sites (tertiary alicyclic amines) is 1. The topological polar surface area (TPSA) is 77.8 Å². The van der Waals surface area contributed by atoms with Gasteiger partial charge in [-0.05, 0) is 60.2 Å². The van der Waals surface area contributed by atoms with Crippen LogP contribution in [-0.4, -0.2) is 42.6 Å². The van der Waals surface area contributed by atoms with Gasteiger partial charge in [0.15, 0.2) is 0 Å². The van der Waals surface area contributed by atoms with Gasteiger partial charge in [-0.25, -0.2) is 9.59 Å². The molecule has 0 radical (unpaired) electrons. The zero-order chi connectivity index (χ0) is 22.6. The summed E-state index contributed by atoms with van der Waals surface area (Å²) in [6.07, 6.45) is 4.15. The summed E-state index contributed by atoms with van der Waals surface area (Å²) in [6, 6.07) is 19.9. The summed E-state index contributed by atoms with van der Waals surface area (Å²) in [6.45, 7) is 2.21. The molecule has 33 heavy (non-hydrogen) atoms. The lowest BCUT2D eigenvalue weighted by Crippen LogP contribution is -2.54. The van der Waals surface area contributed by atoms with Crippen molar-refractivity contribution in [1.82, 2.24) is 15.5 Å². The molecule has 2 aliphatic heterocycles. The lowest BCUT2D eigenvalue weighted by atomic mass is 10.0. The largest absolute Gasteiger partial charge is 0.467 e. The number of piperidine rings is 1. The fraction of sp³-hybridized carbons (Fsp3) is 0.308. The van der Waals surface area contributed by atoms with Crippen LogP contribution in [0.1, 0.15) is 24.2 Å². The normalized spacial score (nSPS) is 17.5. The van der Waals surface area contributed by atoms with Gasteiger partial charge in [0.25, 0.3) is 0 Å². The summed E-state index contributed by atoms with van der Waals surface area (Å²) in [5, 5.41) is 6.03.